The molecule has 4 heterocycles. The van der Waals surface area contributed by atoms with Crippen LogP contribution in [-0.2, 0) is 22.6 Å². The molecule has 0 aliphatic carbocycles. The van der Waals surface area contributed by atoms with Crippen LogP contribution >= 0.6 is 0 Å². The molecule has 2 fully saturated rings. The van der Waals surface area contributed by atoms with Crippen molar-refractivity contribution in [1.29, 1.82) is 0 Å². The van der Waals surface area contributed by atoms with Crippen LogP contribution in [0.1, 0.15) is 18.4 Å². The molecule has 1 atom stereocenters. The largest absolute Gasteiger partial charge is 0.384 e. The van der Waals surface area contributed by atoms with Crippen LogP contribution in [0.3, 0.4) is 0 Å². The third-order valence-corrected chi connectivity index (χ3v) is 8.23. The van der Waals surface area contributed by atoms with Crippen LogP contribution in [0, 0.1) is 5.92 Å². The zero-order chi connectivity index (χ0) is 30.1. The Bertz CT molecular complexity index is 1530. The summed E-state index contributed by atoms with van der Waals surface area (Å²) in [6.45, 7) is 12.0. The number of piperidine rings is 1. The van der Waals surface area contributed by atoms with Gasteiger partial charge in [0.1, 0.15) is 0 Å². The lowest BCUT2D eigenvalue weighted by molar-refractivity contribution is -0.127. The summed E-state index contributed by atoms with van der Waals surface area (Å²) in [5.74, 6) is 1.47. The Morgan fingerprint density at radius 1 is 1.00 bits per heavy atom. The number of anilines is 4. The predicted octanol–water partition coefficient (Wildman–Crippen LogP) is 4.35. The Morgan fingerprint density at radius 3 is 2.59 bits per heavy atom. The number of ether oxygens (including phenoxy) is 1. The number of amides is 1. The van der Waals surface area contributed by atoms with E-state index in [1.807, 2.05) is 41.6 Å². The minimum Gasteiger partial charge on any atom is -0.384 e. The van der Waals surface area contributed by atoms with Crippen molar-refractivity contribution in [1.82, 2.24) is 29.3 Å². The van der Waals surface area contributed by atoms with Crippen molar-refractivity contribution in [3.8, 4) is 0 Å². The van der Waals surface area contributed by atoms with Crippen LogP contribution < -0.4 is 16.0 Å². The maximum absolute atomic E-state index is 12.3. The third kappa shape index (κ3) is 7.53. The summed E-state index contributed by atoms with van der Waals surface area (Å²) < 4.78 is 7.53. The van der Waals surface area contributed by atoms with Gasteiger partial charge in [-0.25, -0.2) is 4.98 Å². The number of imidazole rings is 1. The first-order chi connectivity index (χ1) is 21.6. The number of aromatic nitrogens is 4. The van der Waals surface area contributed by atoms with E-state index in [-0.39, 0.29) is 5.91 Å². The number of rotatable bonds is 12. The molecule has 2 saturated heterocycles. The lowest BCUT2D eigenvalue weighted by atomic mass is 9.98. The minimum atomic E-state index is -0.00952. The maximum atomic E-state index is 12.3. The van der Waals surface area contributed by atoms with Crippen LogP contribution in [0.2, 0.25) is 0 Å². The lowest BCUT2D eigenvalue weighted by Crippen LogP contribution is -2.40. The normalized spacial score (nSPS) is 17.4. The molecule has 44 heavy (non-hydrogen) atoms. The molecule has 11 heteroatoms. The van der Waals surface area contributed by atoms with Crippen molar-refractivity contribution in [2.75, 3.05) is 68.4 Å². The minimum absolute atomic E-state index is 0.00952. The van der Waals surface area contributed by atoms with E-state index in [1.54, 1.807) is 0 Å². The average Bonchev–Trinajstić information content (AvgIpc) is 3.47. The number of likely N-dealkylation sites (tertiary alicyclic amines) is 1. The van der Waals surface area contributed by atoms with Gasteiger partial charge in [-0.15, -0.1) is 0 Å². The van der Waals surface area contributed by atoms with Crippen LogP contribution in [0.4, 0.5) is 23.1 Å². The Labute approximate surface area is 258 Å². The van der Waals surface area contributed by atoms with E-state index in [4.69, 9.17) is 19.7 Å². The Morgan fingerprint density at radius 2 is 1.80 bits per heavy atom. The van der Waals surface area contributed by atoms with Gasteiger partial charge in [0, 0.05) is 63.7 Å². The van der Waals surface area contributed by atoms with Gasteiger partial charge in [0.15, 0.2) is 17.0 Å². The van der Waals surface area contributed by atoms with Crippen LogP contribution in [0.5, 0.6) is 0 Å². The molecule has 2 aromatic heterocycles. The molecular weight excluding hydrogens is 554 g/mol. The summed E-state index contributed by atoms with van der Waals surface area (Å²) in [6, 6.07) is 18.4. The number of nitrogens with zero attached hydrogens (tertiary/aromatic N) is 6. The third-order valence-electron chi connectivity index (χ3n) is 8.23. The van der Waals surface area contributed by atoms with Crippen molar-refractivity contribution in [3.63, 3.8) is 0 Å². The maximum Gasteiger partial charge on any atom is 0.245 e. The van der Waals surface area contributed by atoms with Gasteiger partial charge in [0.25, 0.3) is 0 Å². The van der Waals surface area contributed by atoms with Gasteiger partial charge < -0.3 is 30.2 Å². The summed E-state index contributed by atoms with van der Waals surface area (Å²) in [7, 11) is 0. The van der Waals surface area contributed by atoms with Crippen molar-refractivity contribution in [2.24, 2.45) is 5.92 Å². The highest BCUT2D eigenvalue weighted by Gasteiger charge is 2.24. The molecule has 11 nitrogen and oxygen atoms in total. The zero-order valence-corrected chi connectivity index (χ0v) is 25.1. The molecule has 1 unspecified atom stereocenters. The number of morpholine rings is 1. The van der Waals surface area contributed by atoms with Gasteiger partial charge in [-0.2, -0.15) is 9.97 Å². The molecule has 0 bridgehead atoms. The second kappa shape index (κ2) is 14.3. The molecule has 4 aromatic rings. The van der Waals surface area contributed by atoms with Crippen molar-refractivity contribution in [3.05, 3.63) is 79.1 Å². The van der Waals surface area contributed by atoms with Crippen molar-refractivity contribution in [2.45, 2.75) is 25.9 Å². The van der Waals surface area contributed by atoms with E-state index in [0.717, 1.165) is 93.4 Å². The Balaban J connectivity index is 1.18. The van der Waals surface area contributed by atoms with E-state index < -0.39 is 0 Å². The molecule has 6 rings (SSSR count). The van der Waals surface area contributed by atoms with Gasteiger partial charge >= 0.3 is 0 Å². The second-order valence-electron chi connectivity index (χ2n) is 11.4. The molecule has 0 radical (unpaired) electrons. The quantitative estimate of drug-likeness (QED) is 0.206. The Kier molecular flexibility index (Phi) is 9.63. The number of carbonyl (C=O) groups is 1. The standard InChI is InChI=1S/C33H41N9O2/c1-2-29(43)41-15-6-9-26(22-41)23-42-24-36-30-31(35-21-25-7-4-3-5-8-25)38-33(39-32(30)42)37-28-12-10-27(11-13-28)34-14-16-40-17-19-44-20-18-40/h2-5,7-8,10-13,24,26,34H,1,6,9,14-23H2,(H2,35,37,38,39). The SMILES string of the molecule is C=CC(=O)N1CCCC(Cn2cnc3c(NCc4ccccc4)nc(Nc4ccc(NCCN5CCOCC5)cc4)nc32)C1. The monoisotopic (exact) mass is 595 g/mol. The number of hydrogen-bond donors (Lipinski definition) is 3. The van der Waals surface area contributed by atoms with E-state index >= 15 is 0 Å². The fourth-order valence-electron chi connectivity index (χ4n) is 5.84. The molecule has 2 aromatic carbocycles. The van der Waals surface area contributed by atoms with Crippen molar-refractivity contribution >= 4 is 40.2 Å². The average molecular weight is 596 g/mol. The first-order valence-electron chi connectivity index (χ1n) is 15.5. The first kappa shape index (κ1) is 29.6. The molecule has 2 aliphatic rings. The molecule has 3 N–H and O–H groups in total. The molecule has 1 amide bonds. The summed E-state index contributed by atoms with van der Waals surface area (Å²) in [4.78, 5) is 31.0. The van der Waals surface area contributed by atoms with Crippen molar-refractivity contribution < 1.29 is 9.53 Å². The zero-order valence-electron chi connectivity index (χ0n) is 25.1. The fourth-order valence-corrected chi connectivity index (χ4v) is 5.84. The summed E-state index contributed by atoms with van der Waals surface area (Å²) in [5.41, 5.74) is 4.60. The highest BCUT2D eigenvalue weighted by atomic mass is 16.5. The predicted molar refractivity (Wildman–Crippen MR) is 174 cm³/mol. The van der Waals surface area contributed by atoms with Crippen LogP contribution in [-0.4, -0.2) is 87.7 Å². The topological polar surface area (TPSA) is 112 Å². The molecule has 2 aliphatic heterocycles. The number of hydrogen-bond acceptors (Lipinski definition) is 9. The molecular formula is C33H41N9O2. The summed E-state index contributed by atoms with van der Waals surface area (Å²) >= 11 is 0. The summed E-state index contributed by atoms with van der Waals surface area (Å²) in [5, 5.41) is 10.4. The molecule has 0 spiro atoms. The van der Waals surface area contributed by atoms with E-state index in [0.29, 0.717) is 30.8 Å². The smallest absolute Gasteiger partial charge is 0.245 e. The summed E-state index contributed by atoms with van der Waals surface area (Å²) in [6.07, 6.45) is 5.25. The van der Waals surface area contributed by atoms with Gasteiger partial charge in [-0.3, -0.25) is 9.69 Å². The highest BCUT2D eigenvalue weighted by molar-refractivity contribution is 5.87. The van der Waals surface area contributed by atoms with Gasteiger partial charge in [-0.1, -0.05) is 36.9 Å². The number of nitrogens with one attached hydrogen (secondary N) is 3. The van der Waals surface area contributed by atoms with Gasteiger partial charge in [-0.05, 0) is 54.7 Å². The number of carbonyl (C=O) groups excluding carboxylic acids is 1. The first-order valence-corrected chi connectivity index (χ1v) is 15.5. The van der Waals surface area contributed by atoms with E-state index in [2.05, 4.69) is 56.3 Å². The lowest BCUT2D eigenvalue weighted by Gasteiger charge is -2.32. The van der Waals surface area contributed by atoms with Crippen LogP contribution in [0.15, 0.2) is 73.6 Å². The highest BCUT2D eigenvalue weighted by Crippen LogP contribution is 2.26. The van der Waals surface area contributed by atoms with E-state index in [1.165, 1.54) is 6.08 Å². The number of fused-ring (bicyclic) bond motifs is 1. The fraction of sp³-hybridized carbons (Fsp3) is 0.394. The Hall–Kier alpha value is -4.48. The van der Waals surface area contributed by atoms with E-state index in [9.17, 15) is 4.79 Å². The molecule has 0 saturated carbocycles. The van der Waals surface area contributed by atoms with Gasteiger partial charge in [0.2, 0.25) is 11.9 Å². The number of benzene rings is 2. The second-order valence-corrected chi connectivity index (χ2v) is 11.4. The van der Waals surface area contributed by atoms with Crippen LogP contribution in [0.25, 0.3) is 11.2 Å². The van der Waals surface area contributed by atoms with Gasteiger partial charge in [0.05, 0.1) is 19.5 Å². The molecule has 230 valence electrons.